The molecule has 3 aromatic rings. The van der Waals surface area contributed by atoms with E-state index in [4.69, 9.17) is 22.8 Å². The molecule has 180 valence electrons. The van der Waals surface area contributed by atoms with Crippen LogP contribution in [0.5, 0.6) is 0 Å². The lowest BCUT2D eigenvalue weighted by Crippen LogP contribution is -2.42. The van der Waals surface area contributed by atoms with Gasteiger partial charge in [-0.1, -0.05) is 54.6 Å². The van der Waals surface area contributed by atoms with E-state index in [1.807, 2.05) is 0 Å². The maximum absolute atomic E-state index is 12.8. The minimum absolute atomic E-state index is 0.271. The van der Waals surface area contributed by atoms with Gasteiger partial charge in [-0.15, -0.1) is 0 Å². The van der Waals surface area contributed by atoms with Crippen LogP contribution in [-0.4, -0.2) is 49.1 Å². The van der Waals surface area contributed by atoms with E-state index in [-0.39, 0.29) is 6.61 Å². The lowest BCUT2D eigenvalue weighted by Gasteiger charge is -2.23. The Labute approximate surface area is 210 Å². The molecule has 4 rings (SSSR count). The molecule has 9 heteroatoms. The Morgan fingerprint density at radius 3 is 1.54 bits per heavy atom. The Morgan fingerprint density at radius 1 is 0.657 bits per heavy atom. The van der Waals surface area contributed by atoms with Crippen molar-refractivity contribution in [2.24, 2.45) is 0 Å². The van der Waals surface area contributed by atoms with E-state index in [2.05, 4.69) is 16.3 Å². The van der Waals surface area contributed by atoms with Crippen LogP contribution < -0.4 is 0 Å². The number of hydrogen-bond donors (Lipinski definition) is 0. The number of halogens is 1. The van der Waals surface area contributed by atoms with E-state index in [0.717, 1.165) is 0 Å². The number of carbonyl (C=O) groups is 3. The van der Waals surface area contributed by atoms with E-state index >= 15 is 0 Å². The standard InChI is InChI=1S/C26H21BrO8/c27-35-26-22(34-25(30)19-14-8-3-9-15-19)21(33-24(29)18-12-6-2-7-13-18)20(32-26)16-31-23(28)17-10-4-1-5-11-17/h1-15,20-22,26H,16H2/t20-,21-,22+,26-/m0/s1. The van der Waals surface area contributed by atoms with Crippen molar-refractivity contribution in [1.29, 1.82) is 0 Å². The molecule has 3 aromatic carbocycles. The van der Waals surface area contributed by atoms with Crippen LogP contribution in [0.4, 0.5) is 0 Å². The Hall–Kier alpha value is -3.53. The normalized spacial score (nSPS) is 21.2. The zero-order chi connectivity index (χ0) is 24.6. The average molecular weight is 541 g/mol. The van der Waals surface area contributed by atoms with E-state index < -0.39 is 42.5 Å². The molecule has 1 aliphatic heterocycles. The van der Waals surface area contributed by atoms with Gasteiger partial charge in [0.15, 0.2) is 12.2 Å². The molecule has 1 aliphatic rings. The molecule has 0 N–H and O–H groups in total. The first-order valence-electron chi connectivity index (χ1n) is 10.7. The second-order valence-corrected chi connectivity index (χ2v) is 7.94. The summed E-state index contributed by atoms with van der Waals surface area (Å²) in [5.41, 5.74) is 0.945. The van der Waals surface area contributed by atoms with Crippen molar-refractivity contribution in [3.8, 4) is 0 Å². The fourth-order valence-corrected chi connectivity index (χ4v) is 3.81. The van der Waals surface area contributed by atoms with E-state index in [1.165, 1.54) is 0 Å². The predicted octanol–water partition coefficient (Wildman–Crippen LogP) is 4.35. The van der Waals surface area contributed by atoms with Gasteiger partial charge in [-0.2, -0.15) is 0 Å². The van der Waals surface area contributed by atoms with Crippen molar-refractivity contribution in [2.75, 3.05) is 6.61 Å². The third-order valence-electron chi connectivity index (χ3n) is 5.25. The molecular formula is C26H21BrO8. The summed E-state index contributed by atoms with van der Waals surface area (Å²) in [7, 11) is 0. The molecule has 1 saturated heterocycles. The Kier molecular flexibility index (Phi) is 8.25. The van der Waals surface area contributed by atoms with E-state index in [9.17, 15) is 14.4 Å². The van der Waals surface area contributed by atoms with Gasteiger partial charge in [0, 0.05) is 0 Å². The van der Waals surface area contributed by atoms with Gasteiger partial charge in [0.25, 0.3) is 0 Å². The highest BCUT2D eigenvalue weighted by atomic mass is 79.9. The lowest BCUT2D eigenvalue weighted by molar-refractivity contribution is -0.107. The highest BCUT2D eigenvalue weighted by Gasteiger charge is 2.51. The topological polar surface area (TPSA) is 97.4 Å². The van der Waals surface area contributed by atoms with E-state index in [0.29, 0.717) is 16.7 Å². The molecular weight excluding hydrogens is 520 g/mol. The summed E-state index contributed by atoms with van der Waals surface area (Å²) in [6.45, 7) is -0.271. The molecule has 1 fully saturated rings. The molecule has 0 saturated carbocycles. The lowest BCUT2D eigenvalue weighted by atomic mass is 10.1. The Balaban J connectivity index is 1.54. The van der Waals surface area contributed by atoms with Gasteiger partial charge < -0.3 is 18.9 Å². The maximum atomic E-state index is 12.8. The molecule has 8 nitrogen and oxygen atoms in total. The van der Waals surface area contributed by atoms with Gasteiger partial charge in [-0.25, -0.2) is 14.4 Å². The SMILES string of the molecule is O=C(OC[C@@H]1O[C@@H](OBr)[C@H](OC(=O)c2ccccc2)[C@H]1OC(=O)c1ccccc1)c1ccccc1. The van der Waals surface area contributed by atoms with Crippen molar-refractivity contribution < 1.29 is 37.2 Å². The second-order valence-electron chi connectivity index (χ2n) is 7.57. The summed E-state index contributed by atoms with van der Waals surface area (Å²) in [5.74, 6) is -1.89. The molecule has 0 aliphatic carbocycles. The third-order valence-corrected chi connectivity index (χ3v) is 5.62. The highest BCUT2D eigenvalue weighted by Crippen LogP contribution is 2.31. The van der Waals surface area contributed by atoms with Crippen LogP contribution in [0, 0.1) is 0 Å². The first-order chi connectivity index (χ1) is 17.1. The summed E-state index contributed by atoms with van der Waals surface area (Å²) in [4.78, 5) is 38.0. The van der Waals surface area contributed by atoms with Gasteiger partial charge in [0.05, 0.1) is 16.7 Å². The van der Waals surface area contributed by atoms with Crippen molar-refractivity contribution >= 4 is 34.2 Å². The minimum atomic E-state index is -1.14. The zero-order valence-corrected chi connectivity index (χ0v) is 19.9. The molecule has 0 bridgehead atoms. The number of carbonyl (C=O) groups excluding carboxylic acids is 3. The summed E-state index contributed by atoms with van der Waals surface area (Å²) in [6.07, 6.45) is -4.36. The monoisotopic (exact) mass is 540 g/mol. The molecule has 4 atom stereocenters. The molecule has 0 spiro atoms. The molecule has 0 amide bonds. The van der Waals surface area contributed by atoms with Crippen LogP contribution in [-0.2, 0) is 22.8 Å². The fourth-order valence-electron chi connectivity index (χ4n) is 3.51. The van der Waals surface area contributed by atoms with Gasteiger partial charge in [0.1, 0.15) is 29.0 Å². The second kappa shape index (κ2) is 11.7. The van der Waals surface area contributed by atoms with Crippen LogP contribution in [0.15, 0.2) is 91.0 Å². The quantitative estimate of drug-likeness (QED) is 0.307. The summed E-state index contributed by atoms with van der Waals surface area (Å²) < 4.78 is 27.7. The Morgan fingerprint density at radius 2 is 1.09 bits per heavy atom. The minimum Gasteiger partial charge on any atom is -0.459 e. The Bertz CT molecular complexity index is 1140. The van der Waals surface area contributed by atoms with Crippen molar-refractivity contribution in [3.63, 3.8) is 0 Å². The first-order valence-corrected chi connectivity index (χ1v) is 11.4. The first kappa shape index (κ1) is 24.6. The zero-order valence-electron chi connectivity index (χ0n) is 18.3. The summed E-state index contributed by atoms with van der Waals surface area (Å²) in [6, 6.07) is 25.1. The molecule has 35 heavy (non-hydrogen) atoms. The largest absolute Gasteiger partial charge is 0.459 e. The van der Waals surface area contributed by atoms with Crippen LogP contribution >= 0.6 is 16.3 Å². The van der Waals surface area contributed by atoms with Gasteiger partial charge in [-0.3, -0.25) is 3.83 Å². The highest BCUT2D eigenvalue weighted by molar-refractivity contribution is 9.06. The summed E-state index contributed by atoms with van der Waals surface area (Å²) in [5, 5.41) is 0. The predicted molar refractivity (Wildman–Crippen MR) is 127 cm³/mol. The number of hydrogen-bond acceptors (Lipinski definition) is 8. The smallest absolute Gasteiger partial charge is 0.338 e. The summed E-state index contributed by atoms with van der Waals surface area (Å²) >= 11 is 2.88. The number of ether oxygens (including phenoxy) is 4. The number of esters is 3. The van der Waals surface area contributed by atoms with Crippen LogP contribution in [0.25, 0.3) is 0 Å². The molecule has 0 unspecified atom stereocenters. The molecule has 0 radical (unpaired) electrons. The van der Waals surface area contributed by atoms with Gasteiger partial charge in [0.2, 0.25) is 6.29 Å². The van der Waals surface area contributed by atoms with E-state index in [1.54, 1.807) is 91.0 Å². The number of rotatable bonds is 8. The third kappa shape index (κ3) is 6.13. The van der Waals surface area contributed by atoms with Crippen molar-refractivity contribution in [1.82, 2.24) is 0 Å². The van der Waals surface area contributed by atoms with Gasteiger partial charge in [-0.05, 0) is 36.4 Å². The van der Waals surface area contributed by atoms with Crippen LogP contribution in [0.3, 0.4) is 0 Å². The van der Waals surface area contributed by atoms with Crippen molar-refractivity contribution in [2.45, 2.75) is 24.6 Å². The molecule has 1 heterocycles. The fraction of sp³-hybridized carbons (Fsp3) is 0.192. The van der Waals surface area contributed by atoms with Crippen LogP contribution in [0.1, 0.15) is 31.1 Å². The number of benzene rings is 3. The average Bonchev–Trinajstić information content (AvgIpc) is 3.24. The van der Waals surface area contributed by atoms with Crippen molar-refractivity contribution in [3.05, 3.63) is 108 Å². The van der Waals surface area contributed by atoms with Crippen LogP contribution in [0.2, 0.25) is 0 Å². The molecule has 0 aromatic heterocycles. The van der Waals surface area contributed by atoms with Gasteiger partial charge >= 0.3 is 17.9 Å². The maximum Gasteiger partial charge on any atom is 0.338 e.